The number of nitrogens with two attached hydrogens (primary N) is 1. The van der Waals surface area contributed by atoms with Crippen molar-refractivity contribution in [2.75, 3.05) is 12.3 Å². The molecule has 2 nitrogen and oxygen atoms in total. The van der Waals surface area contributed by atoms with E-state index in [9.17, 15) is 0 Å². The summed E-state index contributed by atoms with van der Waals surface area (Å²) in [7, 11) is 5.59. The fourth-order valence-corrected chi connectivity index (χ4v) is 1.89. The maximum Gasteiger partial charge on any atom is 0.0718 e. The van der Waals surface area contributed by atoms with Crippen LogP contribution in [0.2, 0.25) is 0 Å². The lowest BCUT2D eigenvalue weighted by molar-refractivity contribution is 0.288. The minimum absolute atomic E-state index is 0.188. The number of aliphatic hydroxyl groups is 1. The minimum atomic E-state index is 0.188. The van der Waals surface area contributed by atoms with Gasteiger partial charge in [0.25, 0.3) is 0 Å². The van der Waals surface area contributed by atoms with Gasteiger partial charge < -0.3 is 10.8 Å². The Balaban J connectivity index is 2.96. The van der Waals surface area contributed by atoms with Gasteiger partial charge >= 0.3 is 0 Å². The molecule has 3 N–H and O–H groups in total. The summed E-state index contributed by atoms with van der Waals surface area (Å²) in [5, 5.41) is 8.72. The van der Waals surface area contributed by atoms with E-state index in [1.807, 2.05) is 12.1 Å². The Morgan fingerprint density at radius 3 is 2.71 bits per heavy atom. The zero-order valence-electron chi connectivity index (χ0n) is 7.96. The number of rotatable bonds is 4. The van der Waals surface area contributed by atoms with E-state index < -0.39 is 0 Å². The number of halogens is 1. The fraction of sp³-hybridized carbons (Fsp3) is 0.400. The molecule has 0 heterocycles. The van der Waals surface area contributed by atoms with Crippen LogP contribution < -0.4 is 5.73 Å². The minimum Gasteiger partial charge on any atom is -0.398 e. The second-order valence-corrected chi connectivity index (χ2v) is 3.98. The number of aryl methyl sites for hydroxylation is 1. The molecule has 2 radical (unpaired) electrons. The first kappa shape index (κ1) is 11.6. The molecule has 0 aliphatic heterocycles. The van der Waals surface area contributed by atoms with Gasteiger partial charge in [0.15, 0.2) is 0 Å². The molecule has 0 bridgehead atoms. The molecule has 0 spiro atoms. The number of hydrogen-bond acceptors (Lipinski definition) is 2. The summed E-state index contributed by atoms with van der Waals surface area (Å²) < 4.78 is 0.949. The largest absolute Gasteiger partial charge is 0.398 e. The first-order valence-electron chi connectivity index (χ1n) is 4.57. The molecule has 0 aliphatic rings. The van der Waals surface area contributed by atoms with Gasteiger partial charge in [0.1, 0.15) is 0 Å². The highest BCUT2D eigenvalue weighted by Gasteiger charge is 2.06. The van der Waals surface area contributed by atoms with E-state index in [4.69, 9.17) is 18.7 Å². The van der Waals surface area contributed by atoms with Crippen LogP contribution in [0.15, 0.2) is 16.6 Å². The highest BCUT2D eigenvalue weighted by atomic mass is 79.9. The van der Waals surface area contributed by atoms with E-state index in [1.54, 1.807) is 0 Å². The van der Waals surface area contributed by atoms with Crippen LogP contribution >= 0.6 is 15.9 Å². The zero-order chi connectivity index (χ0) is 10.6. The number of hydrogen-bond donors (Lipinski definition) is 2. The van der Waals surface area contributed by atoms with Crippen molar-refractivity contribution in [3.8, 4) is 0 Å². The number of benzene rings is 1. The van der Waals surface area contributed by atoms with E-state index in [1.165, 1.54) is 0 Å². The first-order valence-corrected chi connectivity index (χ1v) is 5.36. The van der Waals surface area contributed by atoms with Crippen LogP contribution in [0.5, 0.6) is 0 Å². The molecular formula is C10H13BBrNO. The average molecular weight is 254 g/mol. The fourth-order valence-electron chi connectivity index (χ4n) is 1.38. The topological polar surface area (TPSA) is 46.2 Å². The molecule has 4 heteroatoms. The van der Waals surface area contributed by atoms with Crippen LogP contribution in [0.1, 0.15) is 17.5 Å². The van der Waals surface area contributed by atoms with Crippen molar-refractivity contribution in [3.63, 3.8) is 0 Å². The van der Waals surface area contributed by atoms with Crippen molar-refractivity contribution < 1.29 is 5.11 Å². The predicted molar refractivity (Wildman–Crippen MR) is 63.4 cm³/mol. The van der Waals surface area contributed by atoms with Gasteiger partial charge in [-0.25, -0.2) is 0 Å². The predicted octanol–water partition coefficient (Wildman–Crippen LogP) is 1.62. The highest BCUT2D eigenvalue weighted by Crippen LogP contribution is 2.26. The van der Waals surface area contributed by atoms with Crippen molar-refractivity contribution >= 4 is 29.5 Å². The lowest BCUT2D eigenvalue weighted by atomic mass is 9.93. The smallest absolute Gasteiger partial charge is 0.0718 e. The van der Waals surface area contributed by atoms with Gasteiger partial charge in [-0.2, -0.15) is 0 Å². The molecule has 0 saturated carbocycles. The summed E-state index contributed by atoms with van der Waals surface area (Å²) in [6.45, 7) is 0.188. The molecule has 0 aliphatic carbocycles. The van der Waals surface area contributed by atoms with Crippen molar-refractivity contribution in [1.29, 1.82) is 0 Å². The Bertz CT molecular complexity index is 317. The summed E-state index contributed by atoms with van der Waals surface area (Å²) in [6.07, 6.45) is 1.96. The van der Waals surface area contributed by atoms with Gasteiger partial charge in [-0.15, -0.1) is 0 Å². The Morgan fingerprint density at radius 1 is 1.43 bits per heavy atom. The molecule has 0 atom stereocenters. The molecule has 0 fully saturated rings. The molecule has 0 unspecified atom stereocenters. The molecule has 14 heavy (non-hydrogen) atoms. The van der Waals surface area contributed by atoms with Gasteiger partial charge in [-0.3, -0.25) is 0 Å². The molecule has 1 rings (SSSR count). The Kier molecular flexibility index (Phi) is 4.49. The van der Waals surface area contributed by atoms with E-state index in [-0.39, 0.29) is 6.61 Å². The summed E-state index contributed by atoms with van der Waals surface area (Å²) in [5.41, 5.74) is 8.69. The lowest BCUT2D eigenvalue weighted by Crippen LogP contribution is -2.02. The first-order chi connectivity index (χ1) is 6.70. The Morgan fingerprint density at radius 2 is 2.14 bits per heavy atom. The van der Waals surface area contributed by atoms with Crippen molar-refractivity contribution in [3.05, 3.63) is 27.7 Å². The number of nitrogen functional groups attached to an aromatic ring is 1. The van der Waals surface area contributed by atoms with Crippen LogP contribution in [0.4, 0.5) is 5.69 Å². The van der Waals surface area contributed by atoms with Gasteiger partial charge in [0, 0.05) is 16.8 Å². The van der Waals surface area contributed by atoms with Gasteiger partial charge in [-0.05, 0) is 30.0 Å². The zero-order valence-corrected chi connectivity index (χ0v) is 9.55. The van der Waals surface area contributed by atoms with Crippen LogP contribution in [0.3, 0.4) is 0 Å². The van der Waals surface area contributed by atoms with E-state index in [0.29, 0.717) is 6.32 Å². The monoisotopic (exact) mass is 253 g/mol. The normalized spacial score (nSPS) is 10.4. The molecule has 1 aromatic rings. The average Bonchev–Trinajstić information content (AvgIpc) is 2.18. The molecule has 0 aromatic heterocycles. The molecule has 0 amide bonds. The van der Waals surface area contributed by atoms with Crippen molar-refractivity contribution in [2.24, 2.45) is 0 Å². The second-order valence-electron chi connectivity index (χ2n) is 3.13. The Hall–Kier alpha value is -0.475. The molecular weight excluding hydrogens is 241 g/mol. The SMILES string of the molecule is [B]Cc1c(Br)ccc(CCCO)c1N. The van der Waals surface area contributed by atoms with Crippen LogP contribution in [-0.2, 0) is 12.7 Å². The number of anilines is 1. The van der Waals surface area contributed by atoms with Gasteiger partial charge in [0.2, 0.25) is 0 Å². The standard InChI is InChI=1S/C10H13BBrNO/c11-6-8-9(12)4-3-7(10(8)13)2-1-5-14/h3-4,14H,1-2,5-6,13H2. The van der Waals surface area contributed by atoms with Crippen LogP contribution in [-0.4, -0.2) is 19.6 Å². The van der Waals surface area contributed by atoms with E-state index in [0.717, 1.165) is 34.1 Å². The second kappa shape index (κ2) is 5.42. The maximum atomic E-state index is 8.72. The lowest BCUT2D eigenvalue weighted by Gasteiger charge is -2.11. The Labute approximate surface area is 94.0 Å². The summed E-state index contributed by atoms with van der Waals surface area (Å²) in [5.74, 6) is 0. The van der Waals surface area contributed by atoms with E-state index in [2.05, 4.69) is 15.9 Å². The molecule has 0 saturated heterocycles. The number of aliphatic hydroxyl groups excluding tert-OH is 1. The summed E-state index contributed by atoms with van der Waals surface area (Å²) >= 11 is 3.40. The molecule has 1 aromatic carbocycles. The third-order valence-electron chi connectivity index (χ3n) is 2.20. The van der Waals surface area contributed by atoms with Crippen molar-refractivity contribution in [2.45, 2.75) is 19.2 Å². The highest BCUT2D eigenvalue weighted by molar-refractivity contribution is 9.10. The maximum absolute atomic E-state index is 8.72. The molecule has 74 valence electrons. The third-order valence-corrected chi connectivity index (χ3v) is 2.94. The third kappa shape index (κ3) is 2.52. The summed E-state index contributed by atoms with van der Waals surface area (Å²) in [6, 6.07) is 3.92. The van der Waals surface area contributed by atoms with E-state index >= 15 is 0 Å². The summed E-state index contributed by atoms with van der Waals surface area (Å²) in [4.78, 5) is 0. The van der Waals surface area contributed by atoms with Crippen molar-refractivity contribution in [1.82, 2.24) is 0 Å². The van der Waals surface area contributed by atoms with Gasteiger partial charge in [0.05, 0.1) is 7.85 Å². The van der Waals surface area contributed by atoms with Gasteiger partial charge in [-0.1, -0.05) is 28.3 Å². The van der Waals surface area contributed by atoms with Crippen LogP contribution in [0, 0.1) is 0 Å². The quantitative estimate of drug-likeness (QED) is 0.633. The van der Waals surface area contributed by atoms with Crippen LogP contribution in [0.25, 0.3) is 0 Å².